The molecule has 0 saturated heterocycles. The highest BCUT2D eigenvalue weighted by molar-refractivity contribution is 6.31. The molecule has 3 rings (SSSR count). The van der Waals surface area contributed by atoms with Gasteiger partial charge >= 0.3 is 0 Å². The van der Waals surface area contributed by atoms with Crippen LogP contribution in [-0.4, -0.2) is 24.0 Å². The molecule has 0 saturated carbocycles. The van der Waals surface area contributed by atoms with Crippen molar-refractivity contribution in [1.29, 1.82) is 0 Å². The third kappa shape index (κ3) is 5.56. The molecule has 0 aliphatic rings. The van der Waals surface area contributed by atoms with Gasteiger partial charge < -0.3 is 10.6 Å². The summed E-state index contributed by atoms with van der Waals surface area (Å²) >= 11 is 6.40. The first-order valence-electron chi connectivity index (χ1n) is 8.94. The van der Waals surface area contributed by atoms with Crippen LogP contribution in [-0.2, 0) is 4.79 Å². The van der Waals surface area contributed by atoms with Gasteiger partial charge in [0.1, 0.15) is 0 Å². The van der Waals surface area contributed by atoms with E-state index in [1.165, 1.54) is 0 Å². The van der Waals surface area contributed by atoms with E-state index in [4.69, 9.17) is 11.6 Å². The summed E-state index contributed by atoms with van der Waals surface area (Å²) in [5, 5.41) is 6.88. The minimum atomic E-state index is -0.0776. The Hall–Kier alpha value is -2.85. The van der Waals surface area contributed by atoms with Gasteiger partial charge in [-0.3, -0.25) is 9.78 Å². The van der Waals surface area contributed by atoms with Gasteiger partial charge in [-0.15, -0.1) is 0 Å². The molecular weight excluding hydrogens is 358 g/mol. The van der Waals surface area contributed by atoms with Crippen LogP contribution >= 0.6 is 11.6 Å². The second-order valence-corrected chi connectivity index (χ2v) is 6.61. The molecule has 138 valence electrons. The fourth-order valence-corrected chi connectivity index (χ4v) is 3.25. The van der Waals surface area contributed by atoms with E-state index in [9.17, 15) is 4.79 Å². The lowest BCUT2D eigenvalue weighted by atomic mass is 9.88. The molecule has 0 bridgehead atoms. The Morgan fingerprint density at radius 3 is 2.48 bits per heavy atom. The average molecular weight is 380 g/mol. The minimum Gasteiger partial charge on any atom is -0.382 e. The number of carbonyl (C=O) groups excluding carboxylic acids is 1. The molecule has 0 spiro atoms. The van der Waals surface area contributed by atoms with Crippen molar-refractivity contribution < 1.29 is 4.79 Å². The summed E-state index contributed by atoms with van der Waals surface area (Å²) in [6, 6.07) is 21.5. The fourth-order valence-electron chi connectivity index (χ4n) is 2.98. The number of carbonyl (C=O) groups is 1. The third-order valence-corrected chi connectivity index (χ3v) is 4.65. The lowest BCUT2D eigenvalue weighted by Crippen LogP contribution is -2.30. The Morgan fingerprint density at radius 2 is 1.74 bits per heavy atom. The Morgan fingerprint density at radius 1 is 0.963 bits per heavy atom. The van der Waals surface area contributed by atoms with Crippen molar-refractivity contribution in [1.82, 2.24) is 10.3 Å². The molecule has 1 aromatic heterocycles. The van der Waals surface area contributed by atoms with Gasteiger partial charge in [0, 0.05) is 42.8 Å². The predicted molar refractivity (Wildman–Crippen MR) is 110 cm³/mol. The van der Waals surface area contributed by atoms with E-state index >= 15 is 0 Å². The Labute approximate surface area is 164 Å². The fraction of sp³-hybridized carbons (Fsp3) is 0.182. The summed E-state index contributed by atoms with van der Waals surface area (Å²) in [4.78, 5) is 16.6. The molecule has 0 unspecified atom stereocenters. The van der Waals surface area contributed by atoms with Crippen molar-refractivity contribution in [2.75, 3.05) is 18.4 Å². The standard InChI is InChI=1S/C22H22ClN3O/c23-21-11-5-4-10-19(21)20(17-7-2-1-3-8-17)15-22(27)26-14-13-25-18-9-6-12-24-16-18/h1-12,16,20,25H,13-15H2,(H,26,27)/t20-/m0/s1. The topological polar surface area (TPSA) is 54.0 Å². The van der Waals surface area contributed by atoms with E-state index in [0.29, 0.717) is 24.5 Å². The summed E-state index contributed by atoms with van der Waals surface area (Å²) in [5.41, 5.74) is 2.98. The Balaban J connectivity index is 1.60. The smallest absolute Gasteiger partial charge is 0.221 e. The molecule has 1 heterocycles. The molecule has 0 fully saturated rings. The molecule has 27 heavy (non-hydrogen) atoms. The van der Waals surface area contributed by atoms with Crippen LogP contribution in [0.2, 0.25) is 5.02 Å². The van der Waals surface area contributed by atoms with Crippen LogP contribution in [0.4, 0.5) is 5.69 Å². The SMILES string of the molecule is O=C(C[C@@H](c1ccccc1)c1ccccc1Cl)NCCNc1cccnc1. The van der Waals surface area contributed by atoms with Crippen LogP contribution in [0.5, 0.6) is 0 Å². The molecule has 1 amide bonds. The molecule has 5 heteroatoms. The zero-order chi connectivity index (χ0) is 18.9. The van der Waals surface area contributed by atoms with Gasteiger partial charge in [-0.2, -0.15) is 0 Å². The lowest BCUT2D eigenvalue weighted by Gasteiger charge is -2.19. The van der Waals surface area contributed by atoms with E-state index in [1.54, 1.807) is 12.4 Å². The molecule has 2 N–H and O–H groups in total. The number of nitrogens with zero attached hydrogens (tertiary/aromatic N) is 1. The van der Waals surface area contributed by atoms with Crippen LogP contribution in [0, 0.1) is 0 Å². The maximum Gasteiger partial charge on any atom is 0.221 e. The third-order valence-electron chi connectivity index (χ3n) is 4.31. The average Bonchev–Trinajstić information content (AvgIpc) is 2.71. The summed E-state index contributed by atoms with van der Waals surface area (Å²) in [6.45, 7) is 1.18. The number of rotatable bonds is 8. The normalized spacial score (nSPS) is 11.6. The van der Waals surface area contributed by atoms with Gasteiger partial charge in [-0.25, -0.2) is 0 Å². The van der Waals surface area contributed by atoms with Crippen LogP contribution in [0.1, 0.15) is 23.5 Å². The predicted octanol–water partition coefficient (Wildman–Crippen LogP) is 4.49. The summed E-state index contributed by atoms with van der Waals surface area (Å²) < 4.78 is 0. The Kier molecular flexibility index (Phi) is 6.83. The number of hydrogen-bond acceptors (Lipinski definition) is 3. The van der Waals surface area contributed by atoms with Crippen LogP contribution in [0.25, 0.3) is 0 Å². The van der Waals surface area contributed by atoms with E-state index in [0.717, 1.165) is 16.8 Å². The van der Waals surface area contributed by atoms with Crippen molar-refractivity contribution in [2.45, 2.75) is 12.3 Å². The zero-order valence-electron chi connectivity index (χ0n) is 14.9. The van der Waals surface area contributed by atoms with E-state index in [1.807, 2.05) is 66.7 Å². The summed E-state index contributed by atoms with van der Waals surface area (Å²) in [6.07, 6.45) is 3.83. The first-order chi connectivity index (χ1) is 13.2. The maximum absolute atomic E-state index is 12.5. The summed E-state index contributed by atoms with van der Waals surface area (Å²) in [7, 11) is 0. The van der Waals surface area contributed by atoms with Crippen molar-refractivity contribution in [3.05, 3.63) is 95.3 Å². The highest BCUT2D eigenvalue weighted by atomic mass is 35.5. The van der Waals surface area contributed by atoms with Gasteiger partial charge in [-0.05, 0) is 29.3 Å². The lowest BCUT2D eigenvalue weighted by molar-refractivity contribution is -0.121. The van der Waals surface area contributed by atoms with Crippen molar-refractivity contribution >= 4 is 23.2 Å². The first kappa shape index (κ1) is 18.9. The van der Waals surface area contributed by atoms with Gasteiger partial charge in [0.05, 0.1) is 5.69 Å². The van der Waals surface area contributed by atoms with E-state index < -0.39 is 0 Å². The maximum atomic E-state index is 12.5. The molecule has 1 atom stereocenters. The summed E-state index contributed by atoms with van der Waals surface area (Å²) in [5.74, 6) is -0.0806. The highest BCUT2D eigenvalue weighted by Gasteiger charge is 2.20. The second-order valence-electron chi connectivity index (χ2n) is 6.21. The number of amides is 1. The van der Waals surface area contributed by atoms with Crippen LogP contribution < -0.4 is 10.6 Å². The van der Waals surface area contributed by atoms with E-state index in [-0.39, 0.29) is 11.8 Å². The highest BCUT2D eigenvalue weighted by Crippen LogP contribution is 2.32. The molecule has 2 aromatic carbocycles. The van der Waals surface area contributed by atoms with Crippen molar-refractivity contribution in [3.8, 4) is 0 Å². The molecule has 0 radical (unpaired) electrons. The number of pyridine rings is 1. The van der Waals surface area contributed by atoms with Crippen molar-refractivity contribution in [3.63, 3.8) is 0 Å². The number of nitrogens with one attached hydrogen (secondary N) is 2. The van der Waals surface area contributed by atoms with E-state index in [2.05, 4.69) is 15.6 Å². The monoisotopic (exact) mass is 379 g/mol. The Bertz CT molecular complexity index is 856. The zero-order valence-corrected chi connectivity index (χ0v) is 15.7. The van der Waals surface area contributed by atoms with Gasteiger partial charge in [0.15, 0.2) is 0 Å². The van der Waals surface area contributed by atoms with Gasteiger partial charge in [0.2, 0.25) is 5.91 Å². The number of anilines is 1. The minimum absolute atomic E-state index is 0.00300. The number of aromatic nitrogens is 1. The van der Waals surface area contributed by atoms with Crippen molar-refractivity contribution in [2.24, 2.45) is 0 Å². The number of hydrogen-bond donors (Lipinski definition) is 2. The number of benzene rings is 2. The largest absolute Gasteiger partial charge is 0.382 e. The molecule has 0 aliphatic heterocycles. The van der Waals surface area contributed by atoms with Gasteiger partial charge in [0.25, 0.3) is 0 Å². The van der Waals surface area contributed by atoms with Crippen LogP contribution in [0.3, 0.4) is 0 Å². The first-order valence-corrected chi connectivity index (χ1v) is 9.32. The molecule has 4 nitrogen and oxygen atoms in total. The van der Waals surface area contributed by atoms with Gasteiger partial charge in [-0.1, -0.05) is 60.1 Å². The quantitative estimate of drug-likeness (QED) is 0.567. The molecular formula is C22H22ClN3O. The second kappa shape index (κ2) is 9.74. The number of halogens is 1. The molecule has 0 aliphatic carbocycles. The molecule has 3 aromatic rings. The van der Waals surface area contributed by atoms with Crippen LogP contribution in [0.15, 0.2) is 79.1 Å².